The molecule has 0 spiro atoms. The standard InChI is InChI=1S/C12H22N2OS/c1-5-6-10(8-15-4)14-11(9(2)3)7-13-12(14)16/h7,9-10H,5-6,8H2,1-4H3,(H,13,16). The lowest BCUT2D eigenvalue weighted by molar-refractivity contribution is 0.148. The van der Waals surface area contributed by atoms with E-state index in [1.807, 2.05) is 6.20 Å². The first kappa shape index (κ1) is 13.5. The number of methoxy groups -OCH3 is 1. The van der Waals surface area contributed by atoms with Crippen LogP contribution in [0.1, 0.15) is 51.3 Å². The third-order valence-electron chi connectivity index (χ3n) is 2.78. The fourth-order valence-corrected chi connectivity index (χ4v) is 2.34. The number of H-pyrrole nitrogens is 1. The van der Waals surface area contributed by atoms with E-state index in [9.17, 15) is 0 Å². The summed E-state index contributed by atoms with van der Waals surface area (Å²) in [5, 5.41) is 0. The van der Waals surface area contributed by atoms with Crippen molar-refractivity contribution < 1.29 is 4.74 Å². The SMILES string of the molecule is CCCC(COC)n1c(C(C)C)c[nH]c1=S. The maximum atomic E-state index is 5.35. The van der Waals surface area contributed by atoms with E-state index < -0.39 is 0 Å². The molecule has 3 nitrogen and oxygen atoms in total. The first-order valence-corrected chi connectivity index (χ1v) is 6.31. The first-order valence-electron chi connectivity index (χ1n) is 5.90. The lowest BCUT2D eigenvalue weighted by atomic mass is 10.1. The highest BCUT2D eigenvalue weighted by atomic mass is 32.1. The van der Waals surface area contributed by atoms with Crippen LogP contribution in [0, 0.1) is 4.77 Å². The summed E-state index contributed by atoms with van der Waals surface area (Å²) >= 11 is 5.35. The molecule has 1 aromatic rings. The summed E-state index contributed by atoms with van der Waals surface area (Å²) in [6.07, 6.45) is 4.25. The Bertz CT molecular complexity index is 361. The minimum absolute atomic E-state index is 0.353. The molecule has 0 bridgehead atoms. The van der Waals surface area contributed by atoms with Crippen LogP contribution in [0.2, 0.25) is 0 Å². The molecule has 92 valence electrons. The maximum absolute atomic E-state index is 5.35. The summed E-state index contributed by atoms with van der Waals surface area (Å²) in [6.45, 7) is 7.28. The van der Waals surface area contributed by atoms with E-state index in [2.05, 4.69) is 30.3 Å². The molecule has 0 aliphatic carbocycles. The summed E-state index contributed by atoms with van der Waals surface area (Å²) in [5.74, 6) is 0.476. The monoisotopic (exact) mass is 242 g/mol. The van der Waals surface area contributed by atoms with Crippen LogP contribution in [0.5, 0.6) is 0 Å². The molecule has 1 N–H and O–H groups in total. The molecule has 1 heterocycles. The highest BCUT2D eigenvalue weighted by Gasteiger charge is 2.16. The number of hydrogen-bond donors (Lipinski definition) is 1. The van der Waals surface area contributed by atoms with Crippen LogP contribution in [0.25, 0.3) is 0 Å². The predicted octanol–water partition coefficient (Wildman–Crippen LogP) is 3.66. The van der Waals surface area contributed by atoms with Gasteiger partial charge in [0.2, 0.25) is 0 Å². The van der Waals surface area contributed by atoms with Crippen LogP contribution in [-0.4, -0.2) is 23.3 Å². The molecule has 0 aromatic carbocycles. The minimum Gasteiger partial charge on any atom is -0.383 e. The normalized spacial score (nSPS) is 13.3. The Morgan fingerprint density at radius 2 is 2.19 bits per heavy atom. The van der Waals surface area contributed by atoms with E-state index in [0.29, 0.717) is 12.0 Å². The topological polar surface area (TPSA) is 29.9 Å². The molecule has 1 atom stereocenters. The fraction of sp³-hybridized carbons (Fsp3) is 0.750. The van der Waals surface area contributed by atoms with Crippen LogP contribution in [-0.2, 0) is 4.74 Å². The molecule has 1 aromatic heterocycles. The van der Waals surface area contributed by atoms with Crippen molar-refractivity contribution in [2.75, 3.05) is 13.7 Å². The maximum Gasteiger partial charge on any atom is 0.177 e. The molecule has 0 aliphatic heterocycles. The van der Waals surface area contributed by atoms with Crippen molar-refractivity contribution in [3.05, 3.63) is 16.7 Å². The third-order valence-corrected chi connectivity index (χ3v) is 3.09. The molecule has 0 saturated carbocycles. The van der Waals surface area contributed by atoms with Gasteiger partial charge in [-0.15, -0.1) is 0 Å². The Kier molecular flexibility index (Phi) is 5.22. The largest absolute Gasteiger partial charge is 0.383 e. The zero-order chi connectivity index (χ0) is 12.1. The first-order chi connectivity index (χ1) is 7.61. The van der Waals surface area contributed by atoms with Crippen molar-refractivity contribution in [1.29, 1.82) is 0 Å². The van der Waals surface area contributed by atoms with Crippen LogP contribution in [0.15, 0.2) is 6.20 Å². The molecule has 0 aliphatic rings. The number of aromatic nitrogens is 2. The van der Waals surface area contributed by atoms with Crippen molar-refractivity contribution in [3.8, 4) is 0 Å². The van der Waals surface area contributed by atoms with Gasteiger partial charge in [0, 0.05) is 19.0 Å². The van der Waals surface area contributed by atoms with Gasteiger partial charge in [-0.2, -0.15) is 0 Å². The molecular formula is C12H22N2OS. The van der Waals surface area contributed by atoms with Crippen LogP contribution < -0.4 is 0 Å². The molecule has 0 fully saturated rings. The second kappa shape index (κ2) is 6.21. The van der Waals surface area contributed by atoms with Crippen molar-refractivity contribution in [2.24, 2.45) is 0 Å². The Morgan fingerprint density at radius 1 is 1.50 bits per heavy atom. The zero-order valence-electron chi connectivity index (χ0n) is 10.6. The van der Waals surface area contributed by atoms with E-state index in [1.54, 1.807) is 7.11 Å². The molecule has 4 heteroatoms. The number of rotatable bonds is 6. The quantitative estimate of drug-likeness (QED) is 0.772. The number of imidazole rings is 1. The number of nitrogens with one attached hydrogen (secondary N) is 1. The van der Waals surface area contributed by atoms with Crippen LogP contribution in [0.3, 0.4) is 0 Å². The zero-order valence-corrected chi connectivity index (χ0v) is 11.4. The van der Waals surface area contributed by atoms with E-state index in [1.165, 1.54) is 5.69 Å². The average Bonchev–Trinajstić information content (AvgIpc) is 2.60. The van der Waals surface area contributed by atoms with E-state index in [4.69, 9.17) is 17.0 Å². The second-order valence-electron chi connectivity index (χ2n) is 4.44. The van der Waals surface area contributed by atoms with Gasteiger partial charge in [-0.05, 0) is 24.6 Å². The summed E-state index contributed by atoms with van der Waals surface area (Å²) in [4.78, 5) is 3.14. The summed E-state index contributed by atoms with van der Waals surface area (Å²) in [5.41, 5.74) is 1.26. The molecule has 0 amide bonds. The Morgan fingerprint density at radius 3 is 2.69 bits per heavy atom. The number of nitrogens with zero attached hydrogens (tertiary/aromatic N) is 1. The fourth-order valence-electron chi connectivity index (χ4n) is 2.03. The van der Waals surface area contributed by atoms with Gasteiger partial charge in [0.25, 0.3) is 0 Å². The molecule has 1 unspecified atom stereocenters. The van der Waals surface area contributed by atoms with Crippen molar-refractivity contribution >= 4 is 12.2 Å². The van der Waals surface area contributed by atoms with Gasteiger partial charge in [-0.3, -0.25) is 0 Å². The summed E-state index contributed by atoms with van der Waals surface area (Å²) < 4.78 is 8.31. The van der Waals surface area contributed by atoms with Crippen LogP contribution >= 0.6 is 12.2 Å². The molecule has 16 heavy (non-hydrogen) atoms. The van der Waals surface area contributed by atoms with Gasteiger partial charge in [0.1, 0.15) is 0 Å². The molecular weight excluding hydrogens is 220 g/mol. The van der Waals surface area contributed by atoms with Crippen molar-refractivity contribution in [1.82, 2.24) is 9.55 Å². The van der Waals surface area contributed by atoms with Gasteiger partial charge in [0.15, 0.2) is 4.77 Å². The Balaban J connectivity index is 3.06. The Hall–Kier alpha value is -0.610. The van der Waals surface area contributed by atoms with Crippen molar-refractivity contribution in [2.45, 2.75) is 45.6 Å². The van der Waals surface area contributed by atoms with Gasteiger partial charge < -0.3 is 14.3 Å². The summed E-state index contributed by atoms with van der Waals surface area (Å²) in [6, 6.07) is 0.353. The second-order valence-corrected chi connectivity index (χ2v) is 4.83. The highest BCUT2D eigenvalue weighted by Crippen LogP contribution is 2.23. The molecule has 0 saturated heterocycles. The predicted molar refractivity (Wildman–Crippen MR) is 69.5 cm³/mol. The van der Waals surface area contributed by atoms with Crippen LogP contribution in [0.4, 0.5) is 0 Å². The minimum atomic E-state index is 0.353. The van der Waals surface area contributed by atoms with Gasteiger partial charge in [-0.1, -0.05) is 27.2 Å². The number of aromatic amines is 1. The average molecular weight is 242 g/mol. The molecule has 0 radical (unpaired) electrons. The van der Waals surface area contributed by atoms with Gasteiger partial charge in [-0.25, -0.2) is 0 Å². The molecule has 1 rings (SSSR count). The van der Waals surface area contributed by atoms with E-state index >= 15 is 0 Å². The van der Waals surface area contributed by atoms with Gasteiger partial charge >= 0.3 is 0 Å². The summed E-state index contributed by atoms with van der Waals surface area (Å²) in [7, 11) is 1.74. The number of hydrogen-bond acceptors (Lipinski definition) is 2. The van der Waals surface area contributed by atoms with Crippen molar-refractivity contribution in [3.63, 3.8) is 0 Å². The van der Waals surface area contributed by atoms with E-state index in [0.717, 1.165) is 24.2 Å². The van der Waals surface area contributed by atoms with E-state index in [-0.39, 0.29) is 0 Å². The third kappa shape index (κ3) is 2.95. The number of ether oxygens (including phenoxy) is 1. The Labute approximate surface area is 103 Å². The lowest BCUT2D eigenvalue weighted by Crippen LogP contribution is -2.17. The smallest absolute Gasteiger partial charge is 0.177 e. The van der Waals surface area contributed by atoms with Gasteiger partial charge in [0.05, 0.1) is 12.6 Å². The highest BCUT2D eigenvalue weighted by molar-refractivity contribution is 7.71. The lowest BCUT2D eigenvalue weighted by Gasteiger charge is -2.21.